The zero-order valence-electron chi connectivity index (χ0n) is 26.9. The van der Waals surface area contributed by atoms with E-state index in [2.05, 4.69) is 17.2 Å². The van der Waals surface area contributed by atoms with Crippen LogP contribution in [0.25, 0.3) is 10.9 Å². The Hall–Kier alpha value is -3.49. The average molecular weight is 611 g/mol. The van der Waals surface area contributed by atoms with Gasteiger partial charge in [0.2, 0.25) is 11.8 Å². The summed E-state index contributed by atoms with van der Waals surface area (Å²) in [7, 11) is 0. The molecule has 1 heterocycles. The van der Waals surface area contributed by atoms with Crippen LogP contribution in [-0.4, -0.2) is 57.3 Å². The van der Waals surface area contributed by atoms with Crippen molar-refractivity contribution in [3.8, 4) is 0 Å². The molecule has 1 aromatic carbocycles. The number of fused-ring (bicyclic) bond motifs is 1. The SMILES string of the molecule is CCCCCCCCCCCCC[C@@H](CC(N)=O)N(CCC)C(=O)[C@H](CCCC(=O)O)NC(=O)c1ccc2ccccc2n1. The topological polar surface area (TPSA) is 143 Å². The van der Waals surface area contributed by atoms with Crippen LogP contribution >= 0.6 is 0 Å². The number of carboxylic acids is 1. The predicted molar refractivity (Wildman–Crippen MR) is 175 cm³/mol. The highest BCUT2D eigenvalue weighted by atomic mass is 16.4. The van der Waals surface area contributed by atoms with Crippen LogP contribution in [0.3, 0.4) is 0 Å². The standard InChI is InChI=1S/C35H54N4O5/c1-3-5-6-7-8-9-10-11-12-13-14-19-28(26-32(36)40)39(25-4-2)35(44)31(21-17-22-33(41)42)38-34(43)30-24-23-27-18-15-16-20-29(27)37-30/h15-16,18,20,23-24,28,31H,3-14,17,19,21-22,25-26H2,1-2H3,(H2,36,40)(H,38,43)(H,41,42)/t28-,31-/m0/s1. The van der Waals surface area contributed by atoms with Gasteiger partial charge in [0.25, 0.3) is 5.91 Å². The van der Waals surface area contributed by atoms with Crippen molar-refractivity contribution in [2.24, 2.45) is 5.73 Å². The molecule has 0 saturated carbocycles. The van der Waals surface area contributed by atoms with Crippen LogP contribution in [0.2, 0.25) is 0 Å². The molecule has 9 nitrogen and oxygen atoms in total. The second-order valence-corrected chi connectivity index (χ2v) is 11.9. The minimum Gasteiger partial charge on any atom is -0.481 e. The number of hydrogen-bond donors (Lipinski definition) is 3. The van der Waals surface area contributed by atoms with Gasteiger partial charge in [-0.3, -0.25) is 19.2 Å². The Bertz CT molecular complexity index is 1170. The van der Waals surface area contributed by atoms with E-state index in [1.165, 1.54) is 51.4 Å². The third kappa shape index (κ3) is 13.9. The third-order valence-corrected chi connectivity index (χ3v) is 8.08. The van der Waals surface area contributed by atoms with Crippen molar-refractivity contribution in [1.29, 1.82) is 0 Å². The van der Waals surface area contributed by atoms with E-state index in [1.54, 1.807) is 17.0 Å². The van der Waals surface area contributed by atoms with Crippen molar-refractivity contribution in [3.05, 3.63) is 42.1 Å². The number of carbonyl (C=O) groups is 4. The number of amides is 3. The van der Waals surface area contributed by atoms with E-state index >= 15 is 0 Å². The number of pyridine rings is 1. The minimum atomic E-state index is -0.966. The molecule has 0 fully saturated rings. The number of para-hydroxylation sites is 1. The average Bonchev–Trinajstić information content (AvgIpc) is 3.00. The summed E-state index contributed by atoms with van der Waals surface area (Å²) in [6.07, 6.45) is 14.9. The molecule has 244 valence electrons. The van der Waals surface area contributed by atoms with E-state index in [0.717, 1.165) is 24.6 Å². The third-order valence-electron chi connectivity index (χ3n) is 8.08. The van der Waals surface area contributed by atoms with Gasteiger partial charge in [-0.1, -0.05) is 109 Å². The van der Waals surface area contributed by atoms with E-state index in [0.29, 0.717) is 24.9 Å². The Kier molecular flexibility index (Phi) is 17.7. The first-order chi connectivity index (χ1) is 21.3. The maximum absolute atomic E-state index is 14.0. The van der Waals surface area contributed by atoms with E-state index in [9.17, 15) is 24.3 Å². The summed E-state index contributed by atoms with van der Waals surface area (Å²) in [5.41, 5.74) is 6.47. The molecule has 9 heteroatoms. The summed E-state index contributed by atoms with van der Waals surface area (Å²) in [6.45, 7) is 4.60. The number of rotatable bonds is 24. The van der Waals surface area contributed by atoms with Gasteiger partial charge in [-0.05, 0) is 37.8 Å². The fourth-order valence-electron chi connectivity index (χ4n) is 5.70. The Morgan fingerprint density at radius 1 is 0.818 bits per heavy atom. The number of nitrogens with two attached hydrogens (primary N) is 1. The van der Waals surface area contributed by atoms with Gasteiger partial charge in [-0.15, -0.1) is 0 Å². The van der Waals surface area contributed by atoms with E-state index < -0.39 is 23.8 Å². The minimum absolute atomic E-state index is 0.0471. The fraction of sp³-hybridized carbons (Fsp3) is 0.629. The van der Waals surface area contributed by atoms with Crippen LogP contribution in [0.1, 0.15) is 133 Å². The molecule has 3 amide bonds. The molecule has 0 aliphatic rings. The fourth-order valence-corrected chi connectivity index (χ4v) is 5.70. The van der Waals surface area contributed by atoms with Gasteiger partial charge in [0.05, 0.1) is 5.52 Å². The number of hydrogen-bond acceptors (Lipinski definition) is 5. The zero-order chi connectivity index (χ0) is 32.2. The highest BCUT2D eigenvalue weighted by Crippen LogP contribution is 2.20. The van der Waals surface area contributed by atoms with Crippen LogP contribution < -0.4 is 11.1 Å². The molecule has 0 unspecified atom stereocenters. The number of unbranched alkanes of at least 4 members (excludes halogenated alkanes) is 10. The first-order valence-corrected chi connectivity index (χ1v) is 16.7. The Morgan fingerprint density at radius 2 is 1.45 bits per heavy atom. The summed E-state index contributed by atoms with van der Waals surface area (Å²) in [5, 5.41) is 12.9. The number of nitrogens with zero attached hydrogens (tertiary/aromatic N) is 2. The van der Waals surface area contributed by atoms with Crippen molar-refractivity contribution >= 4 is 34.6 Å². The summed E-state index contributed by atoms with van der Waals surface area (Å²) < 4.78 is 0. The van der Waals surface area contributed by atoms with Gasteiger partial charge in [-0.25, -0.2) is 4.98 Å². The number of nitrogens with one attached hydrogen (secondary N) is 1. The monoisotopic (exact) mass is 610 g/mol. The highest BCUT2D eigenvalue weighted by Gasteiger charge is 2.31. The summed E-state index contributed by atoms with van der Waals surface area (Å²) >= 11 is 0. The van der Waals surface area contributed by atoms with Crippen LogP contribution in [0.5, 0.6) is 0 Å². The molecule has 2 aromatic rings. The Balaban J connectivity index is 2.07. The highest BCUT2D eigenvalue weighted by molar-refractivity contribution is 5.98. The maximum atomic E-state index is 14.0. The number of primary amides is 1. The molecule has 44 heavy (non-hydrogen) atoms. The molecule has 0 bridgehead atoms. The van der Waals surface area contributed by atoms with E-state index in [4.69, 9.17) is 5.73 Å². The lowest BCUT2D eigenvalue weighted by molar-refractivity contribution is -0.139. The second-order valence-electron chi connectivity index (χ2n) is 11.9. The first-order valence-electron chi connectivity index (χ1n) is 16.7. The number of carboxylic acid groups (broad SMARTS) is 1. The van der Waals surface area contributed by atoms with Crippen molar-refractivity contribution in [2.75, 3.05) is 6.54 Å². The van der Waals surface area contributed by atoms with Gasteiger partial charge in [0.15, 0.2) is 0 Å². The number of benzene rings is 1. The molecule has 0 radical (unpaired) electrons. The van der Waals surface area contributed by atoms with E-state index in [1.807, 2.05) is 31.2 Å². The molecule has 2 rings (SSSR count). The van der Waals surface area contributed by atoms with Gasteiger partial charge in [0, 0.05) is 30.8 Å². The number of aromatic nitrogens is 1. The number of carbonyl (C=O) groups excluding carboxylic acids is 3. The smallest absolute Gasteiger partial charge is 0.303 e. The molecule has 0 saturated heterocycles. The number of aliphatic carboxylic acids is 1. The van der Waals surface area contributed by atoms with Gasteiger partial charge < -0.3 is 21.1 Å². The molecule has 0 aliphatic heterocycles. The van der Waals surface area contributed by atoms with Gasteiger partial charge in [-0.2, -0.15) is 0 Å². The first kappa shape index (κ1) is 36.7. The predicted octanol–water partition coefficient (Wildman–Crippen LogP) is 6.77. The summed E-state index contributed by atoms with van der Waals surface area (Å²) in [5.74, 6) is -2.26. The molecule has 0 spiro atoms. The van der Waals surface area contributed by atoms with Crippen molar-refractivity contribution in [2.45, 2.75) is 135 Å². The molecular weight excluding hydrogens is 556 g/mol. The van der Waals surface area contributed by atoms with Crippen molar-refractivity contribution in [3.63, 3.8) is 0 Å². The van der Waals surface area contributed by atoms with Gasteiger partial charge >= 0.3 is 5.97 Å². The zero-order valence-corrected chi connectivity index (χ0v) is 26.9. The largest absolute Gasteiger partial charge is 0.481 e. The molecular formula is C35H54N4O5. The lowest BCUT2D eigenvalue weighted by Gasteiger charge is -2.34. The summed E-state index contributed by atoms with van der Waals surface area (Å²) in [6, 6.07) is 9.54. The quantitative estimate of drug-likeness (QED) is 0.112. The lowest BCUT2D eigenvalue weighted by atomic mass is 9.99. The molecule has 4 N–H and O–H groups in total. The van der Waals surface area contributed by atoms with Crippen molar-refractivity contribution < 1.29 is 24.3 Å². The van der Waals surface area contributed by atoms with E-state index in [-0.39, 0.29) is 43.3 Å². The van der Waals surface area contributed by atoms with Crippen LogP contribution in [0.4, 0.5) is 0 Å². The lowest BCUT2D eigenvalue weighted by Crippen LogP contribution is -2.53. The van der Waals surface area contributed by atoms with Crippen molar-refractivity contribution in [1.82, 2.24) is 15.2 Å². The Morgan fingerprint density at radius 3 is 2.07 bits per heavy atom. The normalized spacial score (nSPS) is 12.5. The Labute approximate surface area is 263 Å². The molecule has 0 aliphatic carbocycles. The van der Waals surface area contributed by atoms with Crippen LogP contribution in [0, 0.1) is 0 Å². The molecule has 1 aromatic heterocycles. The van der Waals surface area contributed by atoms with Crippen LogP contribution in [0.15, 0.2) is 36.4 Å². The van der Waals surface area contributed by atoms with Gasteiger partial charge in [0.1, 0.15) is 11.7 Å². The summed E-state index contributed by atoms with van der Waals surface area (Å²) in [4.78, 5) is 56.7. The maximum Gasteiger partial charge on any atom is 0.303 e. The molecule has 2 atom stereocenters. The van der Waals surface area contributed by atoms with Crippen LogP contribution in [-0.2, 0) is 14.4 Å². The second kappa shape index (κ2) is 21.3.